The number of hydrogen-bond acceptors (Lipinski definition) is 5. The molecular formula is C15H11ClN2O4. The number of ether oxygens (including phenoxy) is 2. The fourth-order valence-corrected chi connectivity index (χ4v) is 2.00. The van der Waals surface area contributed by atoms with Crippen molar-refractivity contribution in [2.75, 3.05) is 7.11 Å². The van der Waals surface area contributed by atoms with E-state index >= 15 is 0 Å². The predicted molar refractivity (Wildman–Crippen MR) is 80.2 cm³/mol. The van der Waals surface area contributed by atoms with Gasteiger partial charge in [0.05, 0.1) is 17.8 Å². The Morgan fingerprint density at radius 3 is 2.77 bits per heavy atom. The van der Waals surface area contributed by atoms with E-state index in [2.05, 4.69) is 5.10 Å². The molecule has 3 aromatic rings. The van der Waals surface area contributed by atoms with Gasteiger partial charge in [-0.1, -0.05) is 34.9 Å². The highest BCUT2D eigenvalue weighted by atomic mass is 35.5. The highest BCUT2D eigenvalue weighted by Crippen LogP contribution is 2.27. The second-order valence-electron chi connectivity index (χ2n) is 4.28. The largest absolute Gasteiger partial charge is 0.497 e. The summed E-state index contributed by atoms with van der Waals surface area (Å²) in [6.07, 6.45) is -0.194. The number of methoxy groups -OCH3 is 1. The average Bonchev–Trinajstić information content (AvgIpc) is 2.90. The van der Waals surface area contributed by atoms with Gasteiger partial charge in [0.1, 0.15) is 5.75 Å². The minimum absolute atomic E-state index is 0.194. The third kappa shape index (κ3) is 2.82. The minimum Gasteiger partial charge on any atom is -0.497 e. The lowest BCUT2D eigenvalue weighted by Crippen LogP contribution is -2.13. The third-order valence-electron chi connectivity index (χ3n) is 2.86. The molecule has 0 radical (unpaired) electrons. The molecule has 0 aliphatic heterocycles. The van der Waals surface area contributed by atoms with Gasteiger partial charge in [-0.15, -0.1) is 0 Å². The molecule has 0 N–H and O–H groups in total. The molecule has 22 heavy (non-hydrogen) atoms. The number of rotatable bonds is 4. The van der Waals surface area contributed by atoms with Crippen LogP contribution < -0.4 is 15.2 Å². The molecule has 1 heterocycles. The normalized spacial score (nSPS) is 10.5. The van der Waals surface area contributed by atoms with E-state index in [1.807, 2.05) is 0 Å². The van der Waals surface area contributed by atoms with E-state index < -0.39 is 5.76 Å². The molecule has 0 spiro atoms. The molecule has 0 saturated heterocycles. The van der Waals surface area contributed by atoms with Crippen molar-refractivity contribution < 1.29 is 13.9 Å². The van der Waals surface area contributed by atoms with Crippen molar-refractivity contribution in [1.29, 1.82) is 0 Å². The Hall–Kier alpha value is -2.73. The van der Waals surface area contributed by atoms with Crippen molar-refractivity contribution >= 4 is 11.6 Å². The van der Waals surface area contributed by atoms with Crippen LogP contribution in [-0.2, 0) is 0 Å². The number of hydrogen-bond donors (Lipinski definition) is 0. The van der Waals surface area contributed by atoms with E-state index in [-0.39, 0.29) is 6.08 Å². The first-order valence-corrected chi connectivity index (χ1v) is 6.72. The van der Waals surface area contributed by atoms with Crippen LogP contribution in [0.5, 0.6) is 17.6 Å². The van der Waals surface area contributed by atoms with Gasteiger partial charge in [-0.2, -0.15) is 4.68 Å². The fraction of sp³-hybridized carbons (Fsp3) is 0.0667. The molecule has 112 valence electrons. The highest BCUT2D eigenvalue weighted by molar-refractivity contribution is 6.32. The van der Waals surface area contributed by atoms with Crippen LogP contribution in [0.25, 0.3) is 5.69 Å². The number of aromatic nitrogens is 2. The number of benzene rings is 2. The van der Waals surface area contributed by atoms with E-state index in [0.717, 1.165) is 4.68 Å². The summed E-state index contributed by atoms with van der Waals surface area (Å²) in [4.78, 5) is 11.9. The van der Waals surface area contributed by atoms with Crippen LogP contribution in [0.2, 0.25) is 5.02 Å². The lowest BCUT2D eigenvalue weighted by atomic mass is 10.3. The monoisotopic (exact) mass is 318 g/mol. The minimum atomic E-state index is -0.671. The molecule has 6 nitrogen and oxygen atoms in total. The van der Waals surface area contributed by atoms with E-state index in [1.54, 1.807) is 48.5 Å². The number of para-hydroxylation sites is 1. The van der Waals surface area contributed by atoms with Crippen LogP contribution in [0.15, 0.2) is 57.7 Å². The standard InChI is InChI=1S/C15H11ClN2O4/c1-20-11-6-4-5-10(9-11)18-15(19)22-14(17-18)21-13-8-3-2-7-12(13)16/h2-9H,1H3. The first kappa shape index (κ1) is 14.2. The van der Waals surface area contributed by atoms with E-state index in [1.165, 1.54) is 7.11 Å². The summed E-state index contributed by atoms with van der Waals surface area (Å²) >= 11 is 5.98. The van der Waals surface area contributed by atoms with Gasteiger partial charge < -0.3 is 13.9 Å². The first-order chi connectivity index (χ1) is 10.7. The molecular weight excluding hydrogens is 308 g/mol. The fourth-order valence-electron chi connectivity index (χ4n) is 1.83. The van der Waals surface area contributed by atoms with Crippen LogP contribution in [-0.4, -0.2) is 16.9 Å². The second-order valence-corrected chi connectivity index (χ2v) is 4.69. The molecule has 2 aromatic carbocycles. The van der Waals surface area contributed by atoms with E-state index in [0.29, 0.717) is 22.2 Å². The molecule has 7 heteroatoms. The quantitative estimate of drug-likeness (QED) is 0.738. The molecule has 3 rings (SSSR count). The zero-order valence-corrected chi connectivity index (χ0v) is 12.3. The molecule has 0 fully saturated rings. The third-order valence-corrected chi connectivity index (χ3v) is 3.17. The lowest BCUT2D eigenvalue weighted by Gasteiger charge is -2.02. The molecule has 0 atom stereocenters. The Bertz CT molecular complexity index is 856. The van der Waals surface area contributed by atoms with Gasteiger partial charge in [0.25, 0.3) is 0 Å². The van der Waals surface area contributed by atoms with Gasteiger partial charge >= 0.3 is 11.8 Å². The zero-order chi connectivity index (χ0) is 15.5. The molecule has 0 saturated carbocycles. The van der Waals surface area contributed by atoms with Crippen molar-refractivity contribution in [1.82, 2.24) is 9.78 Å². The summed E-state index contributed by atoms with van der Waals surface area (Å²) in [5.74, 6) is 0.277. The van der Waals surface area contributed by atoms with Crippen molar-refractivity contribution in [3.8, 4) is 23.3 Å². The lowest BCUT2D eigenvalue weighted by molar-refractivity contribution is 0.320. The van der Waals surface area contributed by atoms with Gasteiger partial charge in [-0.05, 0) is 24.3 Å². The van der Waals surface area contributed by atoms with Crippen LogP contribution in [0.1, 0.15) is 0 Å². The van der Waals surface area contributed by atoms with E-state index in [9.17, 15) is 4.79 Å². The molecule has 0 unspecified atom stereocenters. The van der Waals surface area contributed by atoms with Crippen LogP contribution in [0, 0.1) is 0 Å². The van der Waals surface area contributed by atoms with Gasteiger partial charge in [-0.25, -0.2) is 4.79 Å². The van der Waals surface area contributed by atoms with Crippen molar-refractivity contribution in [2.45, 2.75) is 0 Å². The zero-order valence-electron chi connectivity index (χ0n) is 11.5. The number of halogens is 1. The average molecular weight is 319 g/mol. The Labute approximate surface area is 130 Å². The summed E-state index contributed by atoms with van der Waals surface area (Å²) in [5, 5.41) is 4.38. The number of nitrogens with zero attached hydrogens (tertiary/aromatic N) is 2. The van der Waals surface area contributed by atoms with Crippen LogP contribution in [0.3, 0.4) is 0 Å². The van der Waals surface area contributed by atoms with Crippen molar-refractivity contribution in [3.05, 3.63) is 64.1 Å². The van der Waals surface area contributed by atoms with Gasteiger partial charge in [0.15, 0.2) is 5.75 Å². The van der Waals surface area contributed by atoms with Gasteiger partial charge in [-0.3, -0.25) is 0 Å². The summed E-state index contributed by atoms with van der Waals surface area (Å²) in [6, 6.07) is 13.7. The Kier molecular flexibility index (Phi) is 3.84. The van der Waals surface area contributed by atoms with Crippen molar-refractivity contribution in [3.63, 3.8) is 0 Å². The Morgan fingerprint density at radius 2 is 2.00 bits per heavy atom. The maximum atomic E-state index is 11.9. The summed E-state index contributed by atoms with van der Waals surface area (Å²) in [5.41, 5.74) is 0.502. The summed E-state index contributed by atoms with van der Waals surface area (Å²) in [7, 11) is 1.54. The van der Waals surface area contributed by atoms with Crippen LogP contribution in [0.4, 0.5) is 0 Å². The highest BCUT2D eigenvalue weighted by Gasteiger charge is 2.13. The molecule has 0 bridgehead atoms. The Morgan fingerprint density at radius 1 is 1.18 bits per heavy atom. The first-order valence-electron chi connectivity index (χ1n) is 6.34. The second kappa shape index (κ2) is 5.95. The smallest absolute Gasteiger partial charge is 0.444 e. The van der Waals surface area contributed by atoms with Crippen LogP contribution >= 0.6 is 11.6 Å². The van der Waals surface area contributed by atoms with E-state index in [4.69, 9.17) is 25.5 Å². The summed E-state index contributed by atoms with van der Waals surface area (Å²) in [6.45, 7) is 0. The SMILES string of the molecule is COc1cccc(-n2nc(Oc3ccccc3Cl)oc2=O)c1. The van der Waals surface area contributed by atoms with Gasteiger partial charge in [0.2, 0.25) is 0 Å². The predicted octanol–water partition coefficient (Wildman–Crippen LogP) is 3.28. The Balaban J connectivity index is 1.94. The summed E-state index contributed by atoms with van der Waals surface area (Å²) < 4.78 is 16.6. The molecule has 0 aliphatic carbocycles. The topological polar surface area (TPSA) is 66.5 Å². The maximum Gasteiger partial charge on any atom is 0.444 e. The maximum absolute atomic E-state index is 11.9. The molecule has 1 aromatic heterocycles. The van der Waals surface area contributed by atoms with Crippen molar-refractivity contribution in [2.24, 2.45) is 0 Å². The molecule has 0 amide bonds. The van der Waals surface area contributed by atoms with Gasteiger partial charge in [0, 0.05) is 6.07 Å². The molecule has 0 aliphatic rings.